The Morgan fingerprint density at radius 2 is 2.05 bits per heavy atom. The highest BCUT2D eigenvalue weighted by Crippen LogP contribution is 2.14. The second-order valence-electron chi connectivity index (χ2n) is 4.32. The van der Waals surface area contributed by atoms with E-state index in [1.165, 1.54) is 0 Å². The summed E-state index contributed by atoms with van der Waals surface area (Å²) in [5, 5.41) is 4.96. The fourth-order valence-corrected chi connectivity index (χ4v) is 1.41. The number of hydrogen-bond donors (Lipinski definition) is 3. The lowest BCUT2D eigenvalue weighted by Crippen LogP contribution is -2.40. The van der Waals surface area contributed by atoms with Gasteiger partial charge in [-0.3, -0.25) is 4.79 Å². The number of urea groups is 1. The van der Waals surface area contributed by atoms with Crippen LogP contribution in [-0.4, -0.2) is 24.6 Å². The van der Waals surface area contributed by atoms with Crippen LogP contribution in [0.5, 0.6) is 5.75 Å². The molecule has 0 fully saturated rings. The normalized spacial score (nSPS) is 10.1. The minimum Gasteiger partial charge on any atom is -0.491 e. The van der Waals surface area contributed by atoms with Gasteiger partial charge in [-0.05, 0) is 31.5 Å². The molecule has 104 valence electrons. The smallest absolute Gasteiger partial charge is 0.315 e. The minimum atomic E-state index is -0.581. The Balaban J connectivity index is 2.44. The first-order chi connectivity index (χ1) is 8.97. The first kappa shape index (κ1) is 14.8. The van der Waals surface area contributed by atoms with Crippen LogP contribution in [-0.2, 0) is 11.3 Å². The highest BCUT2D eigenvalue weighted by atomic mass is 16.5. The van der Waals surface area contributed by atoms with Crippen molar-refractivity contribution >= 4 is 11.9 Å². The van der Waals surface area contributed by atoms with Gasteiger partial charge >= 0.3 is 6.03 Å². The first-order valence-corrected chi connectivity index (χ1v) is 6.03. The van der Waals surface area contributed by atoms with Crippen LogP contribution < -0.4 is 21.1 Å². The molecule has 1 aromatic carbocycles. The van der Waals surface area contributed by atoms with Gasteiger partial charge in [-0.1, -0.05) is 12.1 Å². The van der Waals surface area contributed by atoms with Crippen molar-refractivity contribution < 1.29 is 14.3 Å². The third-order valence-corrected chi connectivity index (χ3v) is 2.15. The van der Waals surface area contributed by atoms with Gasteiger partial charge in [-0.25, -0.2) is 4.79 Å². The molecule has 3 amide bonds. The Bertz CT molecular complexity index is 447. The van der Waals surface area contributed by atoms with Crippen molar-refractivity contribution in [3.63, 3.8) is 0 Å². The maximum absolute atomic E-state index is 11.3. The molecule has 0 bridgehead atoms. The van der Waals surface area contributed by atoms with Crippen LogP contribution in [0, 0.1) is 0 Å². The summed E-state index contributed by atoms with van der Waals surface area (Å²) >= 11 is 0. The van der Waals surface area contributed by atoms with Gasteiger partial charge < -0.3 is 21.1 Å². The van der Waals surface area contributed by atoms with Crippen molar-refractivity contribution in [1.29, 1.82) is 0 Å². The van der Waals surface area contributed by atoms with Gasteiger partial charge in [0.1, 0.15) is 5.75 Å². The Morgan fingerprint density at radius 1 is 1.32 bits per heavy atom. The second-order valence-corrected chi connectivity index (χ2v) is 4.32. The molecule has 0 saturated carbocycles. The van der Waals surface area contributed by atoms with E-state index in [0.717, 1.165) is 11.3 Å². The fourth-order valence-electron chi connectivity index (χ4n) is 1.41. The molecule has 0 heterocycles. The van der Waals surface area contributed by atoms with Crippen molar-refractivity contribution in [3.8, 4) is 5.75 Å². The van der Waals surface area contributed by atoms with E-state index in [4.69, 9.17) is 10.5 Å². The number of rotatable bonds is 6. The van der Waals surface area contributed by atoms with Gasteiger partial charge in [-0.15, -0.1) is 0 Å². The Morgan fingerprint density at radius 3 is 2.68 bits per heavy atom. The van der Waals surface area contributed by atoms with E-state index in [2.05, 4.69) is 10.6 Å². The topological polar surface area (TPSA) is 93.4 Å². The fraction of sp³-hybridized carbons (Fsp3) is 0.385. The molecule has 19 heavy (non-hydrogen) atoms. The predicted octanol–water partition coefficient (Wildman–Crippen LogP) is 0.758. The molecule has 0 aliphatic carbocycles. The van der Waals surface area contributed by atoms with Crippen LogP contribution in [0.3, 0.4) is 0 Å². The van der Waals surface area contributed by atoms with Crippen molar-refractivity contribution in [2.45, 2.75) is 26.5 Å². The van der Waals surface area contributed by atoms with E-state index < -0.39 is 11.9 Å². The number of carbonyl (C=O) groups is 2. The molecular formula is C13H19N3O3. The standard InChI is InChI=1S/C13H19N3O3/c1-9(2)19-11-5-3-4-10(6-11)7-15-13(18)16-8-12(14)17/h3-6,9H,7-8H2,1-2H3,(H2,14,17)(H2,15,16,18). The average Bonchev–Trinajstić information content (AvgIpc) is 2.33. The third kappa shape index (κ3) is 6.30. The summed E-state index contributed by atoms with van der Waals surface area (Å²) in [5.74, 6) is 0.175. The van der Waals surface area contributed by atoms with Crippen molar-refractivity contribution in [2.75, 3.05) is 6.54 Å². The number of carbonyl (C=O) groups excluding carboxylic acids is 2. The van der Waals surface area contributed by atoms with Gasteiger partial charge in [0, 0.05) is 6.54 Å². The van der Waals surface area contributed by atoms with Crippen LogP contribution in [0.1, 0.15) is 19.4 Å². The molecule has 0 aromatic heterocycles. The van der Waals surface area contributed by atoms with Crippen LogP contribution in [0.4, 0.5) is 4.79 Å². The van der Waals surface area contributed by atoms with Crippen LogP contribution in [0.15, 0.2) is 24.3 Å². The van der Waals surface area contributed by atoms with Crippen molar-refractivity contribution in [3.05, 3.63) is 29.8 Å². The van der Waals surface area contributed by atoms with Crippen LogP contribution >= 0.6 is 0 Å². The molecule has 1 aromatic rings. The number of ether oxygens (including phenoxy) is 1. The molecule has 1 rings (SSSR count). The zero-order valence-corrected chi connectivity index (χ0v) is 11.1. The molecule has 0 aliphatic rings. The Labute approximate surface area is 112 Å². The van der Waals surface area contributed by atoms with Crippen molar-refractivity contribution in [2.24, 2.45) is 5.73 Å². The van der Waals surface area contributed by atoms with Gasteiger partial charge in [-0.2, -0.15) is 0 Å². The lowest BCUT2D eigenvalue weighted by Gasteiger charge is -2.11. The number of nitrogens with two attached hydrogens (primary N) is 1. The Hall–Kier alpha value is -2.24. The average molecular weight is 265 g/mol. The molecule has 6 heteroatoms. The highest BCUT2D eigenvalue weighted by molar-refractivity contribution is 5.82. The SMILES string of the molecule is CC(C)Oc1cccc(CNC(=O)NCC(N)=O)c1. The molecule has 0 atom stereocenters. The van der Waals surface area contributed by atoms with E-state index in [9.17, 15) is 9.59 Å². The van der Waals surface area contributed by atoms with Gasteiger partial charge in [0.15, 0.2) is 0 Å². The summed E-state index contributed by atoms with van der Waals surface area (Å²) in [6.45, 7) is 4.06. The molecule has 0 unspecified atom stereocenters. The van der Waals surface area contributed by atoms with E-state index in [-0.39, 0.29) is 12.6 Å². The lowest BCUT2D eigenvalue weighted by atomic mass is 10.2. The molecule has 0 aliphatic heterocycles. The van der Waals surface area contributed by atoms with Gasteiger partial charge in [0.2, 0.25) is 5.91 Å². The summed E-state index contributed by atoms with van der Waals surface area (Å²) in [6.07, 6.45) is 0.0991. The highest BCUT2D eigenvalue weighted by Gasteiger charge is 2.03. The van der Waals surface area contributed by atoms with Gasteiger partial charge in [0.25, 0.3) is 0 Å². The summed E-state index contributed by atoms with van der Waals surface area (Å²) in [5.41, 5.74) is 5.83. The molecule has 0 radical (unpaired) electrons. The number of nitrogens with one attached hydrogen (secondary N) is 2. The molecule has 4 N–H and O–H groups in total. The van der Waals surface area contributed by atoms with Gasteiger partial charge in [0.05, 0.1) is 12.6 Å². The lowest BCUT2D eigenvalue weighted by molar-refractivity contribution is -0.117. The summed E-state index contributed by atoms with van der Waals surface area (Å²) in [7, 11) is 0. The third-order valence-electron chi connectivity index (χ3n) is 2.15. The number of benzene rings is 1. The summed E-state index contributed by atoms with van der Waals surface area (Å²) in [4.78, 5) is 21.8. The molecule has 6 nitrogen and oxygen atoms in total. The van der Waals surface area contributed by atoms with Crippen molar-refractivity contribution in [1.82, 2.24) is 10.6 Å². The molecular weight excluding hydrogens is 246 g/mol. The van der Waals surface area contributed by atoms with E-state index in [0.29, 0.717) is 6.54 Å². The first-order valence-electron chi connectivity index (χ1n) is 6.03. The quantitative estimate of drug-likeness (QED) is 0.708. The largest absolute Gasteiger partial charge is 0.491 e. The van der Waals surface area contributed by atoms with E-state index in [1.807, 2.05) is 38.1 Å². The monoisotopic (exact) mass is 265 g/mol. The van der Waals surface area contributed by atoms with Crippen LogP contribution in [0.25, 0.3) is 0 Å². The Kier molecular flexibility index (Phi) is 5.66. The number of amides is 3. The van der Waals surface area contributed by atoms with E-state index >= 15 is 0 Å². The minimum absolute atomic E-state index is 0.0991. The maximum atomic E-state index is 11.3. The molecule has 0 spiro atoms. The predicted molar refractivity (Wildman–Crippen MR) is 71.6 cm³/mol. The molecule has 0 saturated heterocycles. The zero-order valence-electron chi connectivity index (χ0n) is 11.1. The zero-order chi connectivity index (χ0) is 14.3. The summed E-state index contributed by atoms with van der Waals surface area (Å²) in [6, 6.07) is 7.01. The van der Waals surface area contributed by atoms with E-state index in [1.54, 1.807) is 0 Å². The maximum Gasteiger partial charge on any atom is 0.315 e. The second kappa shape index (κ2) is 7.25. The number of hydrogen-bond acceptors (Lipinski definition) is 3. The van der Waals surface area contributed by atoms with Crippen LogP contribution in [0.2, 0.25) is 0 Å². The summed E-state index contributed by atoms with van der Waals surface area (Å²) < 4.78 is 5.55. The number of primary amides is 1.